The highest BCUT2D eigenvalue weighted by Crippen LogP contribution is 2.22. The maximum atomic E-state index is 13.2. The van der Waals surface area contributed by atoms with Crippen LogP contribution in [0.1, 0.15) is 17.5 Å². The van der Waals surface area contributed by atoms with Gasteiger partial charge in [0, 0.05) is 25.5 Å². The molecule has 2 heterocycles. The van der Waals surface area contributed by atoms with E-state index in [0.29, 0.717) is 24.9 Å². The predicted molar refractivity (Wildman–Crippen MR) is 101 cm³/mol. The standard InChI is InChI=1S/C18H20FN3O2.C2HF3O2/c19-15-5-1-3-13(9-15)12-21-18(24)22-8-6-17(23)16(22)10-14-4-2-7-20-11-14;3-2(4,5)1(6)7/h1-5,7,9,11,16-17,23H,6,8,10,12H2,(H,21,24);(H,6,7)/t16-,17-;/m0./s1. The molecular weight excluding hydrogens is 422 g/mol. The number of pyridine rings is 1. The van der Waals surface area contributed by atoms with E-state index in [1.807, 2.05) is 12.1 Å². The summed E-state index contributed by atoms with van der Waals surface area (Å²) >= 11 is 0. The number of nitrogens with one attached hydrogen (secondary N) is 1. The zero-order valence-corrected chi connectivity index (χ0v) is 16.2. The first-order valence-electron chi connectivity index (χ1n) is 9.24. The average Bonchev–Trinajstić information content (AvgIpc) is 3.07. The number of carbonyl (C=O) groups excluding carboxylic acids is 1. The van der Waals surface area contributed by atoms with Crippen molar-refractivity contribution >= 4 is 12.0 Å². The molecule has 0 unspecified atom stereocenters. The van der Waals surface area contributed by atoms with Crippen LogP contribution in [0, 0.1) is 5.82 Å². The number of aliphatic hydroxyl groups excluding tert-OH is 1. The fourth-order valence-electron chi connectivity index (χ4n) is 3.02. The molecule has 1 aromatic carbocycles. The molecule has 7 nitrogen and oxygen atoms in total. The molecule has 1 aliphatic rings. The van der Waals surface area contributed by atoms with Gasteiger partial charge in [0.1, 0.15) is 5.82 Å². The van der Waals surface area contributed by atoms with Crippen molar-refractivity contribution in [2.24, 2.45) is 0 Å². The van der Waals surface area contributed by atoms with Crippen molar-refractivity contribution in [3.8, 4) is 0 Å². The maximum Gasteiger partial charge on any atom is 0.490 e. The van der Waals surface area contributed by atoms with Crippen LogP contribution in [0.4, 0.5) is 22.4 Å². The van der Waals surface area contributed by atoms with Gasteiger partial charge in [-0.05, 0) is 42.2 Å². The molecule has 168 valence electrons. The lowest BCUT2D eigenvalue weighted by Crippen LogP contribution is -2.46. The van der Waals surface area contributed by atoms with Crippen molar-refractivity contribution in [3.63, 3.8) is 0 Å². The monoisotopic (exact) mass is 443 g/mol. The molecule has 11 heteroatoms. The van der Waals surface area contributed by atoms with Gasteiger partial charge in [0.15, 0.2) is 0 Å². The number of nitrogens with zero attached hydrogens (tertiary/aromatic N) is 2. The van der Waals surface area contributed by atoms with Crippen molar-refractivity contribution in [2.45, 2.75) is 37.7 Å². The third-order valence-electron chi connectivity index (χ3n) is 4.51. The highest BCUT2D eigenvalue weighted by Gasteiger charge is 2.38. The molecule has 0 radical (unpaired) electrons. The minimum atomic E-state index is -5.08. The first-order valence-corrected chi connectivity index (χ1v) is 9.24. The molecule has 2 atom stereocenters. The summed E-state index contributed by atoms with van der Waals surface area (Å²) in [7, 11) is 0. The molecule has 0 spiro atoms. The summed E-state index contributed by atoms with van der Waals surface area (Å²) in [6.45, 7) is 0.754. The van der Waals surface area contributed by atoms with E-state index in [4.69, 9.17) is 9.90 Å². The molecule has 0 saturated carbocycles. The zero-order valence-electron chi connectivity index (χ0n) is 16.2. The van der Waals surface area contributed by atoms with Crippen molar-refractivity contribution in [3.05, 3.63) is 65.7 Å². The van der Waals surface area contributed by atoms with Crippen LogP contribution in [-0.4, -0.2) is 57.0 Å². The van der Waals surface area contributed by atoms with E-state index in [2.05, 4.69) is 10.3 Å². The maximum absolute atomic E-state index is 13.2. The van der Waals surface area contributed by atoms with Gasteiger partial charge in [-0.3, -0.25) is 4.98 Å². The summed E-state index contributed by atoms with van der Waals surface area (Å²) < 4.78 is 44.9. The van der Waals surface area contributed by atoms with E-state index in [1.54, 1.807) is 29.4 Å². The Morgan fingerprint density at radius 3 is 2.45 bits per heavy atom. The summed E-state index contributed by atoms with van der Waals surface area (Å²) in [4.78, 5) is 27.1. The summed E-state index contributed by atoms with van der Waals surface area (Å²) in [5.41, 5.74) is 1.68. The number of benzene rings is 1. The van der Waals surface area contributed by atoms with Gasteiger partial charge in [-0.25, -0.2) is 14.0 Å². The van der Waals surface area contributed by atoms with Crippen LogP contribution in [-0.2, 0) is 17.8 Å². The molecule has 3 N–H and O–H groups in total. The molecule has 1 saturated heterocycles. The molecule has 31 heavy (non-hydrogen) atoms. The molecular formula is C20H21F4N3O4. The second kappa shape index (κ2) is 10.7. The largest absolute Gasteiger partial charge is 0.490 e. The van der Waals surface area contributed by atoms with Crippen LogP contribution in [0.25, 0.3) is 0 Å². The third-order valence-corrected chi connectivity index (χ3v) is 4.51. The number of likely N-dealkylation sites (tertiary alicyclic amines) is 1. The number of hydrogen-bond acceptors (Lipinski definition) is 4. The van der Waals surface area contributed by atoms with E-state index in [9.17, 15) is 27.5 Å². The Morgan fingerprint density at radius 1 is 1.19 bits per heavy atom. The SMILES string of the molecule is O=C(NCc1cccc(F)c1)N1CC[C@H](O)[C@@H]1Cc1cccnc1.O=C(O)C(F)(F)F. The van der Waals surface area contributed by atoms with Crippen LogP contribution in [0.2, 0.25) is 0 Å². The second-order valence-electron chi connectivity index (χ2n) is 6.77. The van der Waals surface area contributed by atoms with Crippen LogP contribution in [0.5, 0.6) is 0 Å². The van der Waals surface area contributed by atoms with Crippen molar-refractivity contribution < 1.29 is 37.4 Å². The highest BCUT2D eigenvalue weighted by atomic mass is 19.4. The quantitative estimate of drug-likeness (QED) is 0.631. The van der Waals surface area contributed by atoms with Crippen molar-refractivity contribution in [1.29, 1.82) is 0 Å². The Kier molecular flexibility index (Phi) is 8.31. The molecule has 0 aliphatic carbocycles. The lowest BCUT2D eigenvalue weighted by Gasteiger charge is -2.26. The van der Waals surface area contributed by atoms with Gasteiger partial charge < -0.3 is 20.4 Å². The zero-order chi connectivity index (χ0) is 23.0. The number of rotatable bonds is 4. The van der Waals surface area contributed by atoms with Crippen LogP contribution in [0.3, 0.4) is 0 Å². The Labute approximate surface area is 175 Å². The number of carbonyl (C=O) groups is 2. The number of urea groups is 1. The van der Waals surface area contributed by atoms with E-state index >= 15 is 0 Å². The first kappa shape index (κ1) is 24.1. The number of carboxylic acid groups (broad SMARTS) is 1. The highest BCUT2D eigenvalue weighted by molar-refractivity contribution is 5.75. The van der Waals surface area contributed by atoms with Crippen LogP contribution >= 0.6 is 0 Å². The number of alkyl halides is 3. The van der Waals surface area contributed by atoms with Gasteiger partial charge in [-0.15, -0.1) is 0 Å². The lowest BCUT2D eigenvalue weighted by atomic mass is 10.0. The van der Waals surface area contributed by atoms with Gasteiger partial charge in [0.05, 0.1) is 12.1 Å². The summed E-state index contributed by atoms with van der Waals surface area (Å²) in [6.07, 6.45) is -1.09. The number of halogens is 4. The molecule has 0 bridgehead atoms. The smallest absolute Gasteiger partial charge is 0.475 e. The lowest BCUT2D eigenvalue weighted by molar-refractivity contribution is -0.192. The fourth-order valence-corrected chi connectivity index (χ4v) is 3.02. The summed E-state index contributed by atoms with van der Waals surface area (Å²) in [5, 5.41) is 20.1. The van der Waals surface area contributed by atoms with Gasteiger partial charge in [0.25, 0.3) is 0 Å². The number of aromatic nitrogens is 1. The van der Waals surface area contributed by atoms with Crippen LogP contribution < -0.4 is 5.32 Å². The Balaban J connectivity index is 0.000000423. The number of aliphatic hydroxyl groups is 1. The first-order chi connectivity index (χ1) is 14.6. The van der Waals surface area contributed by atoms with Gasteiger partial charge in [0.2, 0.25) is 0 Å². The van der Waals surface area contributed by atoms with Crippen molar-refractivity contribution in [2.75, 3.05) is 6.54 Å². The molecule has 1 fully saturated rings. The van der Waals surface area contributed by atoms with E-state index in [0.717, 1.165) is 5.56 Å². The van der Waals surface area contributed by atoms with Gasteiger partial charge >= 0.3 is 18.2 Å². The number of amides is 2. The molecule has 1 aliphatic heterocycles. The third kappa shape index (κ3) is 7.52. The predicted octanol–water partition coefficient (Wildman–Crippen LogP) is 2.74. The molecule has 1 aromatic heterocycles. The second-order valence-corrected chi connectivity index (χ2v) is 6.77. The fraction of sp³-hybridized carbons (Fsp3) is 0.350. The van der Waals surface area contributed by atoms with E-state index in [1.165, 1.54) is 12.1 Å². The minimum absolute atomic E-state index is 0.246. The number of carboxylic acids is 1. The number of aliphatic carboxylic acids is 1. The minimum Gasteiger partial charge on any atom is -0.475 e. The molecule has 2 aromatic rings. The summed E-state index contributed by atoms with van der Waals surface area (Å²) in [5.74, 6) is -3.08. The Hall–Kier alpha value is -3.21. The van der Waals surface area contributed by atoms with Gasteiger partial charge in [-0.2, -0.15) is 13.2 Å². The molecule has 3 rings (SSSR count). The average molecular weight is 443 g/mol. The van der Waals surface area contributed by atoms with Crippen molar-refractivity contribution in [1.82, 2.24) is 15.2 Å². The van der Waals surface area contributed by atoms with Gasteiger partial charge in [-0.1, -0.05) is 18.2 Å². The topological polar surface area (TPSA) is 103 Å². The molecule has 2 amide bonds. The normalized spacial score (nSPS) is 18.2. The van der Waals surface area contributed by atoms with Crippen LogP contribution in [0.15, 0.2) is 48.8 Å². The Bertz CT molecular complexity index is 880. The number of hydrogen-bond donors (Lipinski definition) is 3. The Morgan fingerprint density at radius 2 is 1.87 bits per heavy atom. The van der Waals surface area contributed by atoms with E-state index in [-0.39, 0.29) is 24.4 Å². The summed E-state index contributed by atoms with van der Waals surface area (Å²) in [6, 6.07) is 9.38. The van der Waals surface area contributed by atoms with E-state index < -0.39 is 18.2 Å².